The van der Waals surface area contributed by atoms with Gasteiger partial charge in [0.1, 0.15) is 5.75 Å². The van der Waals surface area contributed by atoms with E-state index in [9.17, 15) is 19.1 Å². The molecule has 4 aromatic carbocycles. The first-order chi connectivity index (χ1) is 23.6. The number of piperidine rings is 1. The topological polar surface area (TPSA) is 103 Å². The van der Waals surface area contributed by atoms with Crippen LogP contribution in [0.15, 0.2) is 77.7 Å². The van der Waals surface area contributed by atoms with Crippen LogP contribution in [-0.2, 0) is 15.6 Å². The molecule has 1 heterocycles. The average molecular weight is 720 g/mol. The summed E-state index contributed by atoms with van der Waals surface area (Å²) >= 11 is 12.8. The molecule has 0 spiro atoms. The Hall–Kier alpha value is -3.94. The number of amides is 2. The van der Waals surface area contributed by atoms with Crippen LogP contribution in [0.1, 0.15) is 58.1 Å². The average Bonchev–Trinajstić information content (AvgIpc) is 3.13. The number of fused-ring (bicyclic) bond motifs is 1. The predicted octanol–water partition coefficient (Wildman–Crippen LogP) is 7.01. The van der Waals surface area contributed by atoms with Crippen LogP contribution in [-0.4, -0.2) is 79.0 Å². The molecule has 1 fully saturated rings. The normalized spacial score (nSPS) is 14.9. The number of likely N-dealkylation sites (N-methyl/N-ethyl adjacent to an activating group) is 1. The van der Waals surface area contributed by atoms with Gasteiger partial charge in [-0.25, -0.2) is 0 Å². The zero-order valence-electron chi connectivity index (χ0n) is 27.9. The van der Waals surface area contributed by atoms with Gasteiger partial charge in [0, 0.05) is 36.2 Å². The summed E-state index contributed by atoms with van der Waals surface area (Å²) in [7, 11) is 2.03. The maximum Gasteiger partial charge on any atom is 0.255 e. The van der Waals surface area contributed by atoms with Gasteiger partial charge in [0.05, 0.1) is 46.1 Å². The number of carbonyl (C=O) groups is 2. The van der Waals surface area contributed by atoms with Crippen LogP contribution in [0.5, 0.6) is 5.75 Å². The van der Waals surface area contributed by atoms with Gasteiger partial charge in [0.25, 0.3) is 5.91 Å². The highest BCUT2D eigenvalue weighted by molar-refractivity contribution is 7.84. The molecule has 0 radical (unpaired) electrons. The van der Waals surface area contributed by atoms with E-state index in [2.05, 4.69) is 16.3 Å². The summed E-state index contributed by atoms with van der Waals surface area (Å²) in [6.45, 7) is 2.61. The van der Waals surface area contributed by atoms with Gasteiger partial charge in [-0.15, -0.1) is 0 Å². The van der Waals surface area contributed by atoms with Gasteiger partial charge in [-0.1, -0.05) is 59.6 Å². The second-order valence-electron chi connectivity index (χ2n) is 12.3. The molecular formula is C38H40Cl2N4O4S. The number of hydrogen-bond donors (Lipinski definition) is 1. The van der Waals surface area contributed by atoms with E-state index in [1.54, 1.807) is 43.5 Å². The number of nitriles is 1. The first kappa shape index (κ1) is 36.3. The number of halogens is 2. The number of benzene rings is 4. The Kier molecular flexibility index (Phi) is 12.3. The quantitative estimate of drug-likeness (QED) is 0.169. The summed E-state index contributed by atoms with van der Waals surface area (Å²) in [5, 5.41) is 14.7. The lowest BCUT2D eigenvalue weighted by molar-refractivity contribution is -0.121. The summed E-state index contributed by atoms with van der Waals surface area (Å²) in [5.74, 6) is 0.213. The maximum atomic E-state index is 14.3. The summed E-state index contributed by atoms with van der Waals surface area (Å²) in [5.41, 5.74) is 2.78. The van der Waals surface area contributed by atoms with Crippen LogP contribution >= 0.6 is 23.2 Å². The van der Waals surface area contributed by atoms with Gasteiger partial charge in [0.2, 0.25) is 5.91 Å². The Labute approximate surface area is 300 Å². The number of hydrogen-bond acceptors (Lipinski definition) is 6. The standard InChI is InChI=1S/C38H40Cl2N4O4S/c1-42-37(45)24-44(38(46)33-19-25(22-41)18-28-6-4-5-7-31(28)33)23-29(27-8-11-34(39)35(40)20-27)14-17-43-15-12-26(13-16-43)32-10-9-30(48-2)21-36(32)49(3)47/h4-11,18-21,26,29H,12-17,23-24H2,1-3H3,(H,42,45). The molecule has 2 amide bonds. The number of nitrogens with one attached hydrogen (secondary N) is 1. The van der Waals surface area contributed by atoms with Crippen LogP contribution in [0.3, 0.4) is 0 Å². The number of ether oxygens (including phenoxy) is 1. The zero-order chi connectivity index (χ0) is 35.1. The van der Waals surface area contributed by atoms with Gasteiger partial charge >= 0.3 is 0 Å². The lowest BCUT2D eigenvalue weighted by Gasteiger charge is -2.34. The maximum absolute atomic E-state index is 14.3. The lowest BCUT2D eigenvalue weighted by Crippen LogP contribution is -2.42. The van der Waals surface area contributed by atoms with Gasteiger partial charge in [-0.3, -0.25) is 13.8 Å². The molecule has 1 N–H and O–H groups in total. The lowest BCUT2D eigenvalue weighted by atomic mass is 9.88. The van der Waals surface area contributed by atoms with Crippen molar-refractivity contribution in [2.45, 2.75) is 36.0 Å². The van der Waals surface area contributed by atoms with E-state index >= 15 is 0 Å². The van der Waals surface area contributed by atoms with Crippen molar-refractivity contribution >= 4 is 56.6 Å². The van der Waals surface area contributed by atoms with Gasteiger partial charge in [0.15, 0.2) is 0 Å². The van der Waals surface area contributed by atoms with Crippen molar-refractivity contribution in [1.82, 2.24) is 15.1 Å². The number of rotatable bonds is 12. The third-order valence-electron chi connectivity index (χ3n) is 9.33. The van der Waals surface area contributed by atoms with E-state index in [1.165, 1.54) is 0 Å². The molecule has 2 atom stereocenters. The van der Waals surface area contributed by atoms with Crippen molar-refractivity contribution in [3.8, 4) is 11.8 Å². The van der Waals surface area contributed by atoms with E-state index in [0.29, 0.717) is 44.6 Å². The number of methoxy groups -OCH3 is 1. The SMILES string of the molecule is CNC(=O)CN(CC(CCN1CCC(c2ccc(OC)cc2S(C)=O)CC1)c1ccc(Cl)c(Cl)c1)C(=O)c1cc(C#N)cc2ccccc12. The van der Waals surface area contributed by atoms with Gasteiger partial charge in [-0.05, 0) is 103 Å². The van der Waals surface area contributed by atoms with Crippen molar-refractivity contribution in [2.75, 3.05) is 53.1 Å². The third kappa shape index (κ3) is 8.81. The zero-order valence-corrected chi connectivity index (χ0v) is 30.2. The summed E-state index contributed by atoms with van der Waals surface area (Å²) in [4.78, 5) is 31.9. The summed E-state index contributed by atoms with van der Waals surface area (Å²) in [6.07, 6.45) is 4.26. The van der Waals surface area contributed by atoms with Crippen LogP contribution in [0.2, 0.25) is 10.0 Å². The monoisotopic (exact) mass is 718 g/mol. The minimum absolute atomic E-state index is 0.146. The van der Waals surface area contributed by atoms with Crippen molar-refractivity contribution in [2.24, 2.45) is 0 Å². The Balaban J connectivity index is 1.38. The molecule has 8 nitrogen and oxygen atoms in total. The third-order valence-corrected chi connectivity index (χ3v) is 11.0. The Morgan fingerprint density at radius 3 is 2.49 bits per heavy atom. The molecule has 0 saturated carbocycles. The first-order valence-electron chi connectivity index (χ1n) is 16.2. The molecule has 4 aromatic rings. The Bertz CT molecular complexity index is 1900. The summed E-state index contributed by atoms with van der Waals surface area (Å²) in [6, 6.07) is 24.4. The van der Waals surface area contributed by atoms with Crippen LogP contribution in [0.4, 0.5) is 0 Å². The molecule has 2 unspecified atom stereocenters. The van der Waals surface area contributed by atoms with Crippen LogP contribution < -0.4 is 10.1 Å². The number of carbonyl (C=O) groups excluding carboxylic acids is 2. The molecule has 0 bridgehead atoms. The largest absolute Gasteiger partial charge is 0.497 e. The Morgan fingerprint density at radius 2 is 1.82 bits per heavy atom. The fraction of sp³-hybridized carbons (Fsp3) is 0.342. The molecule has 49 heavy (non-hydrogen) atoms. The number of nitrogens with zero attached hydrogens (tertiary/aromatic N) is 3. The van der Waals surface area contributed by atoms with E-state index in [0.717, 1.165) is 53.9 Å². The van der Waals surface area contributed by atoms with E-state index in [4.69, 9.17) is 27.9 Å². The minimum Gasteiger partial charge on any atom is -0.497 e. The molecule has 0 aromatic heterocycles. The van der Waals surface area contributed by atoms with Crippen LogP contribution in [0, 0.1) is 11.3 Å². The first-order valence-corrected chi connectivity index (χ1v) is 18.5. The van der Waals surface area contributed by atoms with E-state index in [1.807, 2.05) is 54.6 Å². The van der Waals surface area contributed by atoms with Gasteiger partial charge < -0.3 is 19.9 Å². The minimum atomic E-state index is -1.13. The predicted molar refractivity (Wildman–Crippen MR) is 196 cm³/mol. The van der Waals surface area contributed by atoms with Crippen molar-refractivity contribution in [1.29, 1.82) is 5.26 Å². The second kappa shape index (κ2) is 16.6. The molecule has 1 saturated heterocycles. The van der Waals surface area contributed by atoms with Crippen molar-refractivity contribution in [3.05, 3.63) is 105 Å². The van der Waals surface area contributed by atoms with Crippen molar-refractivity contribution < 1.29 is 18.5 Å². The fourth-order valence-corrected chi connectivity index (χ4v) is 7.78. The van der Waals surface area contributed by atoms with E-state index in [-0.39, 0.29) is 30.8 Å². The molecule has 11 heteroatoms. The molecule has 1 aliphatic heterocycles. The number of likely N-dealkylation sites (tertiary alicyclic amines) is 1. The fourth-order valence-electron chi connectivity index (χ4n) is 6.62. The summed E-state index contributed by atoms with van der Waals surface area (Å²) < 4.78 is 17.9. The van der Waals surface area contributed by atoms with Gasteiger partial charge in [-0.2, -0.15) is 5.26 Å². The van der Waals surface area contributed by atoms with E-state index < -0.39 is 10.8 Å². The molecule has 0 aliphatic carbocycles. The molecule has 5 rings (SSSR count). The van der Waals surface area contributed by atoms with Crippen molar-refractivity contribution in [3.63, 3.8) is 0 Å². The smallest absolute Gasteiger partial charge is 0.255 e. The highest BCUT2D eigenvalue weighted by Gasteiger charge is 2.28. The molecule has 256 valence electrons. The molecular weight excluding hydrogens is 679 g/mol. The van der Waals surface area contributed by atoms with Crippen LogP contribution in [0.25, 0.3) is 10.8 Å². The molecule has 1 aliphatic rings. The highest BCUT2D eigenvalue weighted by atomic mass is 35.5. The highest BCUT2D eigenvalue weighted by Crippen LogP contribution is 2.35. The Morgan fingerprint density at radius 1 is 1.06 bits per heavy atom. The second-order valence-corrected chi connectivity index (χ2v) is 14.5.